The zero-order valence-electron chi connectivity index (χ0n) is 17.7. The first-order valence-electron chi connectivity index (χ1n) is 10.4. The van der Waals surface area contributed by atoms with Crippen molar-refractivity contribution >= 4 is 5.91 Å². The van der Waals surface area contributed by atoms with E-state index in [1.807, 2.05) is 49.7 Å². The van der Waals surface area contributed by atoms with Crippen LogP contribution < -0.4 is 5.32 Å². The Morgan fingerprint density at radius 3 is 2.80 bits per heavy atom. The molecule has 1 aliphatic rings. The van der Waals surface area contributed by atoms with E-state index in [1.165, 1.54) is 0 Å². The third kappa shape index (κ3) is 4.31. The van der Waals surface area contributed by atoms with E-state index in [2.05, 4.69) is 27.7 Å². The molecule has 0 aliphatic carbocycles. The smallest absolute Gasteiger partial charge is 0.226 e. The maximum absolute atomic E-state index is 13.1. The molecule has 1 fully saturated rings. The fourth-order valence-electron chi connectivity index (χ4n) is 4.12. The number of hydrogen-bond acceptors (Lipinski definition) is 5. The highest BCUT2D eigenvalue weighted by Crippen LogP contribution is 2.35. The molecule has 4 rings (SSSR count). The van der Waals surface area contributed by atoms with Gasteiger partial charge in [0.05, 0.1) is 23.9 Å². The molecule has 1 saturated heterocycles. The van der Waals surface area contributed by atoms with E-state index >= 15 is 0 Å². The molecule has 1 aliphatic heterocycles. The molecule has 7 heteroatoms. The van der Waals surface area contributed by atoms with Crippen LogP contribution in [0.3, 0.4) is 0 Å². The first kappa shape index (κ1) is 20.3. The van der Waals surface area contributed by atoms with Gasteiger partial charge in [0, 0.05) is 24.4 Å². The van der Waals surface area contributed by atoms with Gasteiger partial charge in [-0.25, -0.2) is 0 Å². The number of carbonyl (C=O) groups excluding carboxylic acids is 1. The van der Waals surface area contributed by atoms with Gasteiger partial charge in [-0.05, 0) is 45.2 Å². The number of amides is 1. The Balaban J connectivity index is 1.44. The van der Waals surface area contributed by atoms with Crippen molar-refractivity contribution in [2.24, 2.45) is 5.92 Å². The lowest BCUT2D eigenvalue weighted by Gasteiger charge is -2.22. The Kier molecular flexibility index (Phi) is 5.99. The van der Waals surface area contributed by atoms with E-state index in [1.54, 1.807) is 6.20 Å². The van der Waals surface area contributed by atoms with Crippen molar-refractivity contribution in [3.05, 3.63) is 70.9 Å². The van der Waals surface area contributed by atoms with Gasteiger partial charge in [0.15, 0.2) is 0 Å². The molecule has 3 aromatic rings. The molecule has 0 bridgehead atoms. The van der Waals surface area contributed by atoms with Crippen molar-refractivity contribution in [1.82, 2.24) is 20.3 Å². The fourth-order valence-corrected chi connectivity index (χ4v) is 4.12. The molecular weight excluding hydrogens is 380 g/mol. The van der Waals surface area contributed by atoms with E-state index in [4.69, 9.17) is 9.26 Å². The highest BCUT2D eigenvalue weighted by molar-refractivity contribution is 5.80. The van der Waals surface area contributed by atoms with Crippen molar-refractivity contribution < 1.29 is 14.1 Å². The first-order valence-corrected chi connectivity index (χ1v) is 10.4. The molecule has 7 nitrogen and oxygen atoms in total. The first-order chi connectivity index (χ1) is 14.5. The lowest BCUT2D eigenvalue weighted by molar-refractivity contribution is -0.127. The van der Waals surface area contributed by atoms with Crippen LogP contribution in [-0.2, 0) is 22.5 Å². The molecule has 3 atom stereocenters. The Labute approximate surface area is 176 Å². The summed E-state index contributed by atoms with van der Waals surface area (Å²) in [5, 5.41) is 11.6. The number of benzene rings is 1. The topological polar surface area (TPSA) is 82.2 Å². The summed E-state index contributed by atoms with van der Waals surface area (Å²) in [4.78, 5) is 13.1. The number of nitrogens with zero attached hydrogens (tertiary/aromatic N) is 3. The Morgan fingerprint density at radius 2 is 2.07 bits per heavy atom. The van der Waals surface area contributed by atoms with Crippen LogP contribution in [0.4, 0.5) is 0 Å². The lowest BCUT2D eigenvalue weighted by Crippen LogP contribution is -2.39. The highest BCUT2D eigenvalue weighted by atomic mass is 16.5. The molecule has 0 radical (unpaired) electrons. The molecule has 3 heterocycles. The van der Waals surface area contributed by atoms with Crippen LogP contribution >= 0.6 is 0 Å². The van der Waals surface area contributed by atoms with E-state index in [0.717, 1.165) is 28.3 Å². The molecular formula is C23H28N4O3. The maximum Gasteiger partial charge on any atom is 0.226 e. The summed E-state index contributed by atoms with van der Waals surface area (Å²) >= 11 is 0. The van der Waals surface area contributed by atoms with Crippen LogP contribution in [-0.4, -0.2) is 33.5 Å². The van der Waals surface area contributed by atoms with Gasteiger partial charge in [-0.1, -0.05) is 35.5 Å². The van der Waals surface area contributed by atoms with E-state index in [9.17, 15) is 4.79 Å². The van der Waals surface area contributed by atoms with Gasteiger partial charge >= 0.3 is 0 Å². The van der Waals surface area contributed by atoms with Gasteiger partial charge in [-0.15, -0.1) is 0 Å². The average Bonchev–Trinajstić information content (AvgIpc) is 3.45. The van der Waals surface area contributed by atoms with E-state index < -0.39 is 0 Å². The zero-order chi connectivity index (χ0) is 21.1. The van der Waals surface area contributed by atoms with Crippen molar-refractivity contribution in [3.63, 3.8) is 0 Å². The molecule has 1 amide bonds. The quantitative estimate of drug-likeness (QED) is 0.648. The van der Waals surface area contributed by atoms with Gasteiger partial charge in [-0.2, -0.15) is 5.10 Å². The zero-order valence-corrected chi connectivity index (χ0v) is 17.7. The van der Waals surface area contributed by atoms with Crippen LogP contribution in [0, 0.1) is 19.8 Å². The summed E-state index contributed by atoms with van der Waals surface area (Å²) in [6.07, 6.45) is 2.87. The Bertz CT molecular complexity index is 976. The third-order valence-corrected chi connectivity index (χ3v) is 5.72. The Hall–Kier alpha value is -2.93. The van der Waals surface area contributed by atoms with Gasteiger partial charge in [0.2, 0.25) is 5.91 Å². The minimum atomic E-state index is -0.289. The largest absolute Gasteiger partial charge is 0.371 e. The van der Waals surface area contributed by atoms with Crippen LogP contribution in [0.25, 0.3) is 0 Å². The number of aryl methyl sites for hydroxylation is 2. The van der Waals surface area contributed by atoms with E-state index in [-0.39, 0.29) is 24.0 Å². The third-order valence-electron chi connectivity index (χ3n) is 5.72. The Morgan fingerprint density at radius 1 is 1.27 bits per heavy atom. The van der Waals surface area contributed by atoms with Crippen molar-refractivity contribution in [2.45, 2.75) is 52.3 Å². The van der Waals surface area contributed by atoms with Crippen molar-refractivity contribution in [1.29, 1.82) is 0 Å². The molecule has 1 aromatic carbocycles. The number of carbonyl (C=O) groups is 1. The molecule has 0 saturated carbocycles. The number of aromatic nitrogens is 3. The summed E-state index contributed by atoms with van der Waals surface area (Å²) in [6.45, 7) is 7.05. The standard InChI is InChI=1S/C23H28N4O3/c1-15(13-20-16(2)26-30-17(20)3)25-23(28)19-10-12-29-22(19)21-9-11-24-27(21)14-18-7-5-4-6-8-18/h4-9,11,15,19,22H,10,12-14H2,1-3H3,(H,25,28)/t15?,19-,22-/m0/s1. The summed E-state index contributed by atoms with van der Waals surface area (Å²) in [6, 6.07) is 12.1. The van der Waals surface area contributed by atoms with E-state index in [0.29, 0.717) is 26.0 Å². The number of ether oxygens (including phenoxy) is 1. The second-order valence-electron chi connectivity index (χ2n) is 8.00. The second-order valence-corrected chi connectivity index (χ2v) is 8.00. The van der Waals surface area contributed by atoms with Crippen LogP contribution in [0.15, 0.2) is 47.1 Å². The predicted molar refractivity (Wildman–Crippen MR) is 112 cm³/mol. The highest BCUT2D eigenvalue weighted by Gasteiger charge is 2.37. The normalized spacial score (nSPS) is 19.7. The molecule has 2 aromatic heterocycles. The van der Waals surface area contributed by atoms with Gasteiger partial charge in [-0.3, -0.25) is 9.48 Å². The molecule has 1 N–H and O–H groups in total. The monoisotopic (exact) mass is 408 g/mol. The average molecular weight is 409 g/mol. The predicted octanol–water partition coefficient (Wildman–Crippen LogP) is 3.36. The SMILES string of the molecule is Cc1noc(C)c1CC(C)NC(=O)[C@H]1CCO[C@@H]1c1ccnn1Cc1ccccc1. The molecule has 30 heavy (non-hydrogen) atoms. The van der Waals surface area contributed by atoms with Crippen molar-refractivity contribution in [2.75, 3.05) is 6.61 Å². The molecule has 1 unspecified atom stereocenters. The summed E-state index contributed by atoms with van der Waals surface area (Å²) in [7, 11) is 0. The van der Waals surface area contributed by atoms with Gasteiger partial charge in [0.1, 0.15) is 11.9 Å². The number of rotatable bonds is 7. The van der Waals surface area contributed by atoms with Crippen molar-refractivity contribution in [3.8, 4) is 0 Å². The van der Waals surface area contributed by atoms with Crippen LogP contribution in [0.2, 0.25) is 0 Å². The minimum absolute atomic E-state index is 0.0178. The van der Waals surface area contributed by atoms with Gasteiger partial charge < -0.3 is 14.6 Å². The number of hydrogen-bond donors (Lipinski definition) is 1. The maximum atomic E-state index is 13.1. The molecule has 0 spiro atoms. The lowest BCUT2D eigenvalue weighted by atomic mass is 9.96. The van der Waals surface area contributed by atoms with Gasteiger partial charge in [0.25, 0.3) is 0 Å². The molecule has 158 valence electrons. The second kappa shape index (κ2) is 8.83. The fraction of sp³-hybridized carbons (Fsp3) is 0.435. The summed E-state index contributed by atoms with van der Waals surface area (Å²) in [5.74, 6) is 0.591. The number of nitrogens with one attached hydrogen (secondary N) is 1. The minimum Gasteiger partial charge on any atom is -0.371 e. The van der Waals surface area contributed by atoms with Crippen LogP contribution in [0.1, 0.15) is 47.7 Å². The summed E-state index contributed by atoms with van der Waals surface area (Å²) < 4.78 is 13.2. The van der Waals surface area contributed by atoms with Crippen LogP contribution in [0.5, 0.6) is 0 Å². The summed E-state index contributed by atoms with van der Waals surface area (Å²) in [5.41, 5.74) is 4.04.